The van der Waals surface area contributed by atoms with Crippen molar-refractivity contribution in [3.63, 3.8) is 0 Å². The predicted octanol–water partition coefficient (Wildman–Crippen LogP) is 3.30. The Kier molecular flexibility index (Phi) is 13.1. The summed E-state index contributed by atoms with van der Waals surface area (Å²) in [6.45, 7) is 8.32. The van der Waals surface area contributed by atoms with Crippen LogP contribution in [-0.4, -0.2) is 104 Å². The maximum absolute atomic E-state index is 13.0. The van der Waals surface area contributed by atoms with Crippen LogP contribution in [0.3, 0.4) is 0 Å². The first-order valence-corrected chi connectivity index (χ1v) is 16.1. The molecule has 266 valence electrons. The summed E-state index contributed by atoms with van der Waals surface area (Å²) in [7, 11) is 5.93. The number of likely N-dealkylation sites (N-methyl/N-ethyl adjacent to an activating group) is 1. The highest BCUT2D eigenvalue weighted by Crippen LogP contribution is 2.48. The number of esters is 1. The second-order valence-electron chi connectivity index (χ2n) is 12.6. The molecule has 1 aromatic rings. The zero-order valence-corrected chi connectivity index (χ0v) is 29.8. The number of methoxy groups -OCH3 is 2. The highest BCUT2D eigenvalue weighted by atomic mass is 35.5. The molecule has 8 atom stereocenters. The number of halogens is 1. The van der Waals surface area contributed by atoms with Gasteiger partial charge in [-0.15, -0.1) is 0 Å². The van der Waals surface area contributed by atoms with Crippen LogP contribution in [0.25, 0.3) is 0 Å². The Morgan fingerprint density at radius 1 is 1.25 bits per heavy atom. The van der Waals surface area contributed by atoms with Crippen LogP contribution in [-0.2, 0) is 39.8 Å². The van der Waals surface area contributed by atoms with Crippen LogP contribution >= 0.6 is 11.6 Å². The Bertz CT molecular complexity index is 1420. The number of hydrogen-bond acceptors (Lipinski definition) is 10. The normalized spacial score (nSPS) is 26.4. The number of amides is 3. The number of carbonyl (C=O) groups excluding carboxylic acids is 4. The van der Waals surface area contributed by atoms with E-state index >= 15 is 0 Å². The van der Waals surface area contributed by atoms with E-state index in [0.717, 1.165) is 11.1 Å². The van der Waals surface area contributed by atoms with Gasteiger partial charge in [0.15, 0.2) is 5.72 Å². The molecule has 14 heteroatoms. The number of nitrogens with one attached hydrogen (secondary N) is 2. The number of carbonyl (C=O) groups is 4. The first-order valence-electron chi connectivity index (χ1n) is 15.7. The lowest BCUT2D eigenvalue weighted by Gasteiger charge is -2.42. The first-order chi connectivity index (χ1) is 22.5. The molecule has 0 spiro atoms. The molecule has 48 heavy (non-hydrogen) atoms. The minimum atomic E-state index is -1.82. The van der Waals surface area contributed by atoms with Crippen molar-refractivity contribution in [3.8, 4) is 5.75 Å². The molecule has 0 aliphatic carbocycles. The van der Waals surface area contributed by atoms with Crippen LogP contribution < -0.4 is 15.4 Å². The molecule has 2 aliphatic rings. The molecule has 2 saturated heterocycles. The fourth-order valence-electron chi connectivity index (χ4n) is 5.80. The van der Waals surface area contributed by atoms with Crippen molar-refractivity contribution >= 4 is 35.5 Å². The van der Waals surface area contributed by atoms with Gasteiger partial charge in [0.2, 0.25) is 11.8 Å². The average Bonchev–Trinajstić information content (AvgIpc) is 3.73. The van der Waals surface area contributed by atoms with Crippen molar-refractivity contribution in [2.45, 2.75) is 95.7 Å². The van der Waals surface area contributed by atoms with E-state index in [1.165, 1.54) is 40.0 Å². The summed E-state index contributed by atoms with van der Waals surface area (Å²) < 4.78 is 28.3. The van der Waals surface area contributed by atoms with Crippen LogP contribution in [0.1, 0.15) is 53.0 Å². The monoisotopic (exact) mass is 693 g/mol. The van der Waals surface area contributed by atoms with Gasteiger partial charge < -0.3 is 39.0 Å². The van der Waals surface area contributed by atoms with E-state index in [9.17, 15) is 24.3 Å². The summed E-state index contributed by atoms with van der Waals surface area (Å²) in [5.74, 6) is -1.30. The summed E-state index contributed by atoms with van der Waals surface area (Å²) in [5, 5.41) is 17.2. The first kappa shape index (κ1) is 38.8. The zero-order valence-electron chi connectivity index (χ0n) is 29.0. The van der Waals surface area contributed by atoms with Crippen molar-refractivity contribution in [1.82, 2.24) is 15.5 Å². The summed E-state index contributed by atoms with van der Waals surface area (Å²) >= 11 is 6.14. The Morgan fingerprint density at radius 2 is 1.94 bits per heavy atom. The number of epoxide rings is 1. The van der Waals surface area contributed by atoms with Gasteiger partial charge in [-0.2, -0.15) is 0 Å². The standard InChI is InChI=1S/C34H48ClN3O10/c1-19(15-23-13-14-24(35)25(16-23)44-8)11-10-12-27(45-9)34(43)18-26(46-32(42)37-34)20(2)30-33(5,48-30)28(17-29(40)36-6)47-31(41)21(3)38(7)22(4)39/h10-14,16,20-21,26-28,30,43H,15,17-18H2,1-9H3,(H,36,40)(H,37,42)/b12-10+,19-11+/t20-,21+,26+,27-,28+,30?,33+,34+/m1/s1. The summed E-state index contributed by atoms with van der Waals surface area (Å²) in [6.07, 6.45) is 1.46. The lowest BCUT2D eigenvalue weighted by molar-refractivity contribution is -0.161. The maximum atomic E-state index is 13.0. The topological polar surface area (TPSA) is 165 Å². The van der Waals surface area contributed by atoms with Gasteiger partial charge in [0.05, 0.1) is 24.7 Å². The largest absolute Gasteiger partial charge is 0.495 e. The molecule has 2 heterocycles. The number of alkyl carbamates (subject to hydrolysis) is 1. The third-order valence-corrected chi connectivity index (χ3v) is 9.41. The van der Waals surface area contributed by atoms with E-state index in [4.69, 9.17) is 35.3 Å². The van der Waals surface area contributed by atoms with Gasteiger partial charge in [0.25, 0.3) is 0 Å². The van der Waals surface area contributed by atoms with Crippen LogP contribution in [0.15, 0.2) is 42.0 Å². The molecule has 1 unspecified atom stereocenters. The van der Waals surface area contributed by atoms with E-state index in [0.29, 0.717) is 17.2 Å². The van der Waals surface area contributed by atoms with Crippen LogP contribution in [0, 0.1) is 5.92 Å². The van der Waals surface area contributed by atoms with Gasteiger partial charge in [-0.05, 0) is 44.9 Å². The average molecular weight is 694 g/mol. The Hall–Kier alpha value is -3.65. The Morgan fingerprint density at radius 3 is 2.54 bits per heavy atom. The van der Waals surface area contributed by atoms with Crippen molar-refractivity contribution in [1.29, 1.82) is 0 Å². The Labute approximate surface area is 286 Å². The molecule has 2 aliphatic heterocycles. The molecular formula is C34H48ClN3O10. The molecule has 1 aromatic carbocycles. The number of allylic oxidation sites excluding steroid dienone is 3. The van der Waals surface area contributed by atoms with Gasteiger partial charge in [-0.25, -0.2) is 9.59 Å². The molecule has 3 amide bonds. The fourth-order valence-corrected chi connectivity index (χ4v) is 5.99. The third-order valence-electron chi connectivity index (χ3n) is 9.10. The number of benzene rings is 1. The third kappa shape index (κ3) is 9.28. The lowest BCUT2D eigenvalue weighted by atomic mass is 9.83. The molecule has 0 saturated carbocycles. The number of nitrogens with zero attached hydrogens (tertiary/aromatic N) is 1. The highest BCUT2D eigenvalue weighted by Gasteiger charge is 2.64. The van der Waals surface area contributed by atoms with Gasteiger partial charge in [0, 0.05) is 40.5 Å². The number of hydrogen-bond donors (Lipinski definition) is 3. The Balaban J connectivity index is 1.73. The van der Waals surface area contributed by atoms with Crippen molar-refractivity contribution in [2.24, 2.45) is 5.92 Å². The van der Waals surface area contributed by atoms with E-state index in [1.807, 2.05) is 25.1 Å². The number of aliphatic hydroxyl groups is 1. The predicted molar refractivity (Wildman–Crippen MR) is 177 cm³/mol. The van der Waals surface area contributed by atoms with E-state index < -0.39 is 59.8 Å². The molecule has 2 fully saturated rings. The smallest absolute Gasteiger partial charge is 0.409 e. The highest BCUT2D eigenvalue weighted by molar-refractivity contribution is 6.32. The molecule has 0 bridgehead atoms. The quantitative estimate of drug-likeness (QED) is 0.141. The van der Waals surface area contributed by atoms with Crippen LogP contribution in [0.4, 0.5) is 4.79 Å². The van der Waals surface area contributed by atoms with Crippen LogP contribution in [0.2, 0.25) is 5.02 Å². The van der Waals surface area contributed by atoms with Crippen molar-refractivity contribution in [3.05, 3.63) is 52.6 Å². The number of ether oxygens (including phenoxy) is 5. The number of rotatable bonds is 15. The second kappa shape index (κ2) is 16.2. The molecular weight excluding hydrogens is 646 g/mol. The molecule has 0 radical (unpaired) electrons. The van der Waals surface area contributed by atoms with E-state index in [1.54, 1.807) is 39.2 Å². The maximum Gasteiger partial charge on any atom is 0.409 e. The minimum Gasteiger partial charge on any atom is -0.495 e. The SMILES string of the molecule is CNC(=O)C[C@H](OC(=O)[C@H](C)N(C)C(C)=O)[C@]1(C)OC1[C@H](C)[C@@H]1C[C@](O)([C@@H](/C=C/C=C(\C)Cc2ccc(Cl)c(OC)c2)OC)NC(=O)O1. The van der Waals surface area contributed by atoms with Gasteiger partial charge >= 0.3 is 12.1 Å². The van der Waals surface area contributed by atoms with Gasteiger partial charge in [-0.3, -0.25) is 14.9 Å². The second-order valence-corrected chi connectivity index (χ2v) is 13.0. The zero-order chi connectivity index (χ0) is 36.0. The summed E-state index contributed by atoms with van der Waals surface area (Å²) in [6, 6.07) is 4.67. The van der Waals surface area contributed by atoms with Crippen molar-refractivity contribution < 1.29 is 48.0 Å². The molecule has 3 rings (SSSR count). The van der Waals surface area contributed by atoms with Gasteiger partial charge in [0.1, 0.15) is 35.7 Å². The summed E-state index contributed by atoms with van der Waals surface area (Å²) in [5.41, 5.74) is -0.910. The summed E-state index contributed by atoms with van der Waals surface area (Å²) in [4.78, 5) is 51.1. The van der Waals surface area contributed by atoms with E-state index in [-0.39, 0.29) is 24.7 Å². The van der Waals surface area contributed by atoms with Crippen LogP contribution in [0.5, 0.6) is 5.75 Å². The van der Waals surface area contributed by atoms with Gasteiger partial charge in [-0.1, -0.05) is 48.4 Å². The van der Waals surface area contributed by atoms with Crippen molar-refractivity contribution in [2.75, 3.05) is 28.3 Å². The molecule has 13 nitrogen and oxygen atoms in total. The van der Waals surface area contributed by atoms with E-state index in [2.05, 4.69) is 10.6 Å². The fraction of sp³-hybridized carbons (Fsp3) is 0.588. The lowest BCUT2D eigenvalue weighted by Crippen LogP contribution is -2.63. The number of cyclic esters (lactones) is 1. The minimum absolute atomic E-state index is 0.0493. The molecule has 0 aromatic heterocycles. The molecule has 3 N–H and O–H groups in total.